The van der Waals surface area contributed by atoms with E-state index in [1.807, 2.05) is 0 Å². The second-order valence-electron chi connectivity index (χ2n) is 13.8. The zero-order valence-electron chi connectivity index (χ0n) is 24.5. The summed E-state index contributed by atoms with van der Waals surface area (Å²) in [6.45, 7) is 4.82. The first-order valence-electron chi connectivity index (χ1n) is 15.7. The highest BCUT2D eigenvalue weighted by molar-refractivity contribution is 5.91. The van der Waals surface area contributed by atoms with Gasteiger partial charge in [0.25, 0.3) is 5.96 Å². The Kier molecular flexibility index (Phi) is 7.43. The average molecular weight is 573 g/mol. The Morgan fingerprint density at radius 1 is 1.32 bits per heavy atom. The van der Waals surface area contributed by atoms with Gasteiger partial charge >= 0.3 is 0 Å². The van der Waals surface area contributed by atoms with Gasteiger partial charge in [0.05, 0.1) is 44.5 Å². The topological polar surface area (TPSA) is 165 Å². The number of likely N-dealkylation sites (tertiary alicyclic amines) is 1. The molecule has 228 valence electrons. The number of aliphatic hydroxyl groups excluding tert-OH is 2. The monoisotopic (exact) mass is 572 g/mol. The van der Waals surface area contributed by atoms with E-state index in [-0.39, 0.29) is 47.6 Å². The van der Waals surface area contributed by atoms with Gasteiger partial charge < -0.3 is 41.0 Å². The van der Waals surface area contributed by atoms with Gasteiger partial charge in [0.15, 0.2) is 0 Å². The summed E-state index contributed by atoms with van der Waals surface area (Å²) in [4.78, 5) is 18.6. The lowest BCUT2D eigenvalue weighted by molar-refractivity contribution is -0.831. The number of aliphatic hydroxyl groups is 3. The quantitative estimate of drug-likeness (QED) is 0.0886. The molecule has 3 saturated carbocycles. The third-order valence-electron chi connectivity index (χ3n) is 12.4. The summed E-state index contributed by atoms with van der Waals surface area (Å²) in [6, 6.07) is 0. The fourth-order valence-corrected chi connectivity index (χ4v) is 11.0. The van der Waals surface area contributed by atoms with Crippen molar-refractivity contribution in [1.82, 2.24) is 5.32 Å². The highest BCUT2D eigenvalue weighted by Gasteiger charge is 2.83. The van der Waals surface area contributed by atoms with E-state index >= 15 is 0 Å². The molecule has 10 nitrogen and oxygen atoms in total. The Bertz CT molecular complexity index is 1160. The fraction of sp³-hybridized carbons (Fsp3) is 0.806. The Hall–Kier alpha value is -1.82. The number of nitrogens with zero attached hydrogens (tertiary/aromatic N) is 1. The minimum Gasteiger partial charge on any atom is -0.545 e. The lowest BCUT2D eigenvalue weighted by Crippen LogP contribution is -3.19. The largest absolute Gasteiger partial charge is 0.545 e. The Balaban J connectivity index is 1.52. The van der Waals surface area contributed by atoms with E-state index in [1.54, 1.807) is 7.05 Å². The van der Waals surface area contributed by atoms with E-state index in [0.717, 1.165) is 55.5 Å². The number of guanidine groups is 1. The molecule has 6 rings (SSSR count). The van der Waals surface area contributed by atoms with Crippen LogP contribution in [-0.2, 0) is 9.53 Å². The van der Waals surface area contributed by atoms with Crippen LogP contribution >= 0.6 is 0 Å². The summed E-state index contributed by atoms with van der Waals surface area (Å²) in [5, 5.41) is 49.1. The van der Waals surface area contributed by atoms with E-state index in [9.17, 15) is 25.2 Å². The summed E-state index contributed by atoms with van der Waals surface area (Å²) in [5.74, 6) is -0.861. The average Bonchev–Trinajstić information content (AvgIpc) is 3.29. The van der Waals surface area contributed by atoms with E-state index in [4.69, 9.17) is 10.5 Å². The number of allylic oxidation sites excluding steroid dienone is 1. The van der Waals surface area contributed by atoms with Crippen LogP contribution in [0.3, 0.4) is 0 Å². The number of hydrogen-bond acceptors (Lipinski definition) is 8. The second-order valence-corrected chi connectivity index (χ2v) is 13.8. The zero-order chi connectivity index (χ0) is 29.2. The lowest BCUT2D eigenvalue weighted by atomic mass is 9.36. The zero-order valence-corrected chi connectivity index (χ0v) is 24.5. The molecule has 10 atom stereocenters. The number of aliphatic imine (C=N–C) groups is 1. The van der Waals surface area contributed by atoms with Crippen molar-refractivity contribution in [1.29, 1.82) is 0 Å². The molecule has 4 fully saturated rings. The van der Waals surface area contributed by atoms with Gasteiger partial charge in [-0.25, -0.2) is 4.99 Å². The minimum atomic E-state index is -1.73. The van der Waals surface area contributed by atoms with Crippen molar-refractivity contribution in [2.24, 2.45) is 44.7 Å². The maximum Gasteiger partial charge on any atom is 0.293 e. The number of rotatable bonds is 8. The number of nitrogens with two attached hydrogens (primary N) is 1. The van der Waals surface area contributed by atoms with Crippen LogP contribution in [0.1, 0.15) is 58.3 Å². The normalized spacial score (nSPS) is 46.9. The molecule has 5 aliphatic carbocycles. The number of hydrogen-bond donors (Lipinski definition) is 6. The summed E-state index contributed by atoms with van der Waals surface area (Å²) < 4.78 is 6.31. The number of aliphatic carboxylic acids is 1. The first kappa shape index (κ1) is 29.3. The summed E-state index contributed by atoms with van der Waals surface area (Å²) in [5.41, 5.74) is 4.39. The van der Waals surface area contributed by atoms with Crippen LogP contribution in [-0.4, -0.2) is 91.5 Å². The number of carboxylic acid groups (broad SMARTS) is 1. The first-order valence-corrected chi connectivity index (χ1v) is 15.7. The predicted octanol–water partition coefficient (Wildman–Crippen LogP) is -1.49. The van der Waals surface area contributed by atoms with Crippen LogP contribution in [0.2, 0.25) is 0 Å². The van der Waals surface area contributed by atoms with Crippen LogP contribution in [0.25, 0.3) is 0 Å². The molecule has 0 aromatic heterocycles. The highest BCUT2D eigenvalue weighted by atomic mass is 16.5. The van der Waals surface area contributed by atoms with Gasteiger partial charge in [-0.1, -0.05) is 24.6 Å². The minimum absolute atomic E-state index is 0.0301. The van der Waals surface area contributed by atoms with Crippen molar-refractivity contribution >= 4 is 11.9 Å². The smallest absolute Gasteiger partial charge is 0.293 e. The molecule has 10 heteroatoms. The van der Waals surface area contributed by atoms with Crippen LogP contribution in [0.5, 0.6) is 0 Å². The molecular weight excluding hydrogens is 524 g/mol. The molecule has 1 heterocycles. The number of carboxylic acids is 1. The van der Waals surface area contributed by atoms with E-state index < -0.39 is 29.0 Å². The predicted molar refractivity (Wildman–Crippen MR) is 150 cm³/mol. The Morgan fingerprint density at radius 2 is 2.12 bits per heavy atom. The van der Waals surface area contributed by atoms with Gasteiger partial charge in [0, 0.05) is 54.3 Å². The van der Waals surface area contributed by atoms with Crippen molar-refractivity contribution < 1.29 is 34.9 Å². The summed E-state index contributed by atoms with van der Waals surface area (Å²) in [6.07, 6.45) is 10.00. The van der Waals surface area contributed by atoms with Crippen molar-refractivity contribution in [2.75, 3.05) is 46.4 Å². The molecule has 7 N–H and O–H groups in total. The van der Waals surface area contributed by atoms with Crippen molar-refractivity contribution in [3.8, 4) is 0 Å². The molecule has 1 aliphatic heterocycles. The molecule has 2 bridgehead atoms. The number of carbonyl (C=O) groups is 1. The molecule has 0 amide bonds. The van der Waals surface area contributed by atoms with Crippen molar-refractivity contribution in [3.05, 3.63) is 23.3 Å². The molecule has 1 saturated heterocycles. The number of quaternary nitrogens is 1. The molecule has 0 radical (unpaired) electrons. The van der Waals surface area contributed by atoms with Crippen LogP contribution in [0.4, 0.5) is 0 Å². The van der Waals surface area contributed by atoms with E-state index in [0.29, 0.717) is 38.4 Å². The molecule has 2 spiro atoms. The van der Waals surface area contributed by atoms with Gasteiger partial charge in [-0.3, -0.25) is 4.90 Å². The molecule has 6 aliphatic rings. The van der Waals surface area contributed by atoms with Crippen LogP contribution in [0, 0.1) is 34.0 Å². The molecule has 0 aromatic rings. The Labute approximate surface area is 242 Å². The van der Waals surface area contributed by atoms with Crippen molar-refractivity contribution in [2.45, 2.75) is 76.1 Å². The van der Waals surface area contributed by atoms with Gasteiger partial charge in [-0.2, -0.15) is 0 Å². The summed E-state index contributed by atoms with van der Waals surface area (Å²) in [7, 11) is 1.72. The lowest BCUT2D eigenvalue weighted by Gasteiger charge is -2.68. The van der Waals surface area contributed by atoms with Gasteiger partial charge in [-0.15, -0.1) is 0 Å². The number of nitrogens with one attached hydrogen (secondary N) is 2. The molecule has 41 heavy (non-hydrogen) atoms. The van der Waals surface area contributed by atoms with E-state index in [1.165, 1.54) is 0 Å². The third kappa shape index (κ3) is 3.83. The number of piperidine rings is 1. The maximum atomic E-state index is 13.1. The maximum absolute atomic E-state index is 13.1. The van der Waals surface area contributed by atoms with Gasteiger partial charge in [0.2, 0.25) is 0 Å². The standard InChI is InChI=1S/C31H48N4O6/c1-19-6-7-20-14-23-25(26(38)39)29(40,18-41-22-5-3-4-21(37)15-22)24-8-9-28(16-34-11-13-36)10-12-35(27(32)33-2)17-30(20,28)31(19,23)24/h8-9,19-22,24,34,36-37,40H,3-7,10-18H2,1-2H3,(H2,32,33)(H,38,39). The number of ether oxygens (including phenoxy) is 1. The molecular formula is C31H48N4O6. The SMILES string of the molecule is CN=C(N)[NH+]1CCC2(CNCCO)C=CC3C(O)(COC4CCCC(O)C4)C(C(=O)[O-])=C4CC5CCC(C)C43C52C1. The second kappa shape index (κ2) is 10.4. The Morgan fingerprint density at radius 3 is 2.83 bits per heavy atom. The van der Waals surface area contributed by atoms with Gasteiger partial charge in [0.1, 0.15) is 5.60 Å². The fourth-order valence-electron chi connectivity index (χ4n) is 11.0. The third-order valence-corrected chi connectivity index (χ3v) is 12.4. The molecule has 10 unspecified atom stereocenters. The van der Waals surface area contributed by atoms with Crippen LogP contribution in [0.15, 0.2) is 28.3 Å². The first-order chi connectivity index (χ1) is 19.6. The highest BCUT2D eigenvalue weighted by Crippen LogP contribution is 2.82. The van der Waals surface area contributed by atoms with E-state index in [2.05, 4.69) is 29.4 Å². The van der Waals surface area contributed by atoms with Crippen molar-refractivity contribution in [3.63, 3.8) is 0 Å². The number of carbonyl (C=O) groups excluding carboxylic acids is 1. The van der Waals surface area contributed by atoms with Gasteiger partial charge in [-0.05, 0) is 56.8 Å². The summed E-state index contributed by atoms with van der Waals surface area (Å²) >= 11 is 0. The van der Waals surface area contributed by atoms with Crippen LogP contribution < -0.4 is 21.1 Å². The molecule has 0 aromatic carbocycles.